The van der Waals surface area contributed by atoms with Gasteiger partial charge in [0.05, 0.1) is 52.9 Å². The molecule has 0 aromatic heterocycles. The molecular formula is C12H25NO6. The summed E-state index contributed by atoms with van der Waals surface area (Å²) in [7, 11) is 0. The first-order chi connectivity index (χ1) is 9.27. The normalized spacial score (nSPS) is 10.6. The molecule has 19 heavy (non-hydrogen) atoms. The van der Waals surface area contributed by atoms with Crippen LogP contribution in [0.15, 0.2) is 0 Å². The van der Waals surface area contributed by atoms with Crippen LogP contribution in [0.2, 0.25) is 0 Å². The molecule has 0 bridgehead atoms. The molecule has 0 aliphatic rings. The number of nitrogens with two attached hydrogens (primary N) is 1. The second-order valence-electron chi connectivity index (χ2n) is 3.58. The number of carbonyl (C=O) groups excluding carboxylic acids is 1. The van der Waals surface area contributed by atoms with Crippen molar-refractivity contribution >= 4 is 5.97 Å². The lowest BCUT2D eigenvalue weighted by Gasteiger charge is -2.07. The maximum Gasteiger partial charge on any atom is 0.302 e. The van der Waals surface area contributed by atoms with Gasteiger partial charge >= 0.3 is 5.97 Å². The Kier molecular flexibility index (Phi) is 14.7. The summed E-state index contributed by atoms with van der Waals surface area (Å²) in [4.78, 5) is 10.4. The topological polar surface area (TPSA) is 89.2 Å². The molecule has 0 rings (SSSR count). The Labute approximate surface area is 114 Å². The van der Waals surface area contributed by atoms with E-state index in [1.807, 2.05) is 0 Å². The summed E-state index contributed by atoms with van der Waals surface area (Å²) in [5, 5.41) is 0. The lowest BCUT2D eigenvalue weighted by atomic mass is 10.7. The van der Waals surface area contributed by atoms with Crippen molar-refractivity contribution in [3.63, 3.8) is 0 Å². The van der Waals surface area contributed by atoms with Gasteiger partial charge in [0.25, 0.3) is 0 Å². The van der Waals surface area contributed by atoms with E-state index in [1.54, 1.807) is 0 Å². The van der Waals surface area contributed by atoms with Crippen LogP contribution >= 0.6 is 0 Å². The molecule has 0 heterocycles. The highest BCUT2D eigenvalue weighted by Gasteiger charge is 1.94. The molecule has 0 radical (unpaired) electrons. The molecule has 0 aromatic rings. The zero-order valence-electron chi connectivity index (χ0n) is 11.6. The monoisotopic (exact) mass is 279 g/mol. The minimum Gasteiger partial charge on any atom is -0.463 e. The lowest BCUT2D eigenvalue weighted by molar-refractivity contribution is -0.142. The molecule has 7 nitrogen and oxygen atoms in total. The summed E-state index contributed by atoms with van der Waals surface area (Å²) in [6.07, 6.45) is 0. The van der Waals surface area contributed by atoms with Crippen molar-refractivity contribution in [2.24, 2.45) is 5.73 Å². The van der Waals surface area contributed by atoms with E-state index in [2.05, 4.69) is 0 Å². The van der Waals surface area contributed by atoms with Crippen molar-refractivity contribution in [2.75, 3.05) is 66.0 Å². The van der Waals surface area contributed by atoms with Gasteiger partial charge in [0.1, 0.15) is 6.61 Å². The highest BCUT2D eigenvalue weighted by molar-refractivity contribution is 5.65. The molecule has 0 unspecified atom stereocenters. The first kappa shape index (κ1) is 18.3. The van der Waals surface area contributed by atoms with Crippen molar-refractivity contribution in [2.45, 2.75) is 6.92 Å². The quantitative estimate of drug-likeness (QED) is 0.341. The summed E-state index contributed by atoms with van der Waals surface area (Å²) in [5.41, 5.74) is 5.26. The number of hydrogen-bond acceptors (Lipinski definition) is 7. The standard InChI is InChI=1S/C12H25NO6/c1-12(14)19-11-10-18-9-8-17-7-6-16-5-4-15-3-2-13/h2-11,13H2,1H3. The van der Waals surface area contributed by atoms with E-state index in [1.165, 1.54) is 6.92 Å². The van der Waals surface area contributed by atoms with E-state index in [-0.39, 0.29) is 12.6 Å². The SMILES string of the molecule is CC(=O)OCCOCCOCCOCCOCCN. The predicted molar refractivity (Wildman–Crippen MR) is 69.0 cm³/mol. The first-order valence-corrected chi connectivity index (χ1v) is 6.41. The van der Waals surface area contributed by atoms with Crippen LogP contribution in [0.25, 0.3) is 0 Å². The van der Waals surface area contributed by atoms with Gasteiger partial charge in [-0.15, -0.1) is 0 Å². The van der Waals surface area contributed by atoms with Gasteiger partial charge in [-0.3, -0.25) is 4.79 Å². The van der Waals surface area contributed by atoms with Crippen LogP contribution in [0.1, 0.15) is 6.92 Å². The van der Waals surface area contributed by atoms with Crippen LogP contribution in [0.3, 0.4) is 0 Å². The minimum absolute atomic E-state index is 0.279. The molecule has 0 aromatic carbocycles. The Morgan fingerprint density at radius 3 is 1.47 bits per heavy atom. The highest BCUT2D eigenvalue weighted by Crippen LogP contribution is 1.83. The molecule has 2 N–H and O–H groups in total. The fourth-order valence-corrected chi connectivity index (χ4v) is 1.09. The summed E-state index contributed by atoms with van der Waals surface area (Å²) >= 11 is 0. The third-order valence-electron chi connectivity index (χ3n) is 1.91. The molecule has 0 atom stereocenters. The lowest BCUT2D eigenvalue weighted by Crippen LogP contribution is -2.15. The Hall–Kier alpha value is -0.730. The van der Waals surface area contributed by atoms with Crippen LogP contribution in [0, 0.1) is 0 Å². The van der Waals surface area contributed by atoms with Gasteiger partial charge in [0.15, 0.2) is 0 Å². The molecule has 0 fully saturated rings. The molecule has 7 heteroatoms. The van der Waals surface area contributed by atoms with Crippen LogP contribution in [0.5, 0.6) is 0 Å². The van der Waals surface area contributed by atoms with E-state index in [0.717, 1.165) is 0 Å². The van der Waals surface area contributed by atoms with Crippen LogP contribution in [-0.2, 0) is 28.5 Å². The summed E-state index contributed by atoms with van der Waals surface area (Å²) in [5.74, 6) is -0.299. The molecule has 0 saturated carbocycles. The molecule has 0 aliphatic carbocycles. The first-order valence-electron chi connectivity index (χ1n) is 6.41. The molecular weight excluding hydrogens is 254 g/mol. The van der Waals surface area contributed by atoms with Crippen LogP contribution in [-0.4, -0.2) is 72.0 Å². The van der Waals surface area contributed by atoms with Gasteiger partial charge < -0.3 is 29.4 Å². The van der Waals surface area contributed by atoms with Crippen molar-refractivity contribution in [1.82, 2.24) is 0 Å². The Morgan fingerprint density at radius 2 is 1.11 bits per heavy atom. The number of ether oxygens (including phenoxy) is 5. The summed E-state index contributed by atoms with van der Waals surface area (Å²) in [6, 6.07) is 0. The van der Waals surface area contributed by atoms with E-state index in [4.69, 9.17) is 29.4 Å². The van der Waals surface area contributed by atoms with Gasteiger partial charge in [0, 0.05) is 13.5 Å². The minimum atomic E-state index is -0.299. The van der Waals surface area contributed by atoms with Gasteiger partial charge in [-0.1, -0.05) is 0 Å². The maximum absolute atomic E-state index is 10.4. The average molecular weight is 279 g/mol. The summed E-state index contributed by atoms with van der Waals surface area (Å²) in [6.45, 7) is 6.23. The van der Waals surface area contributed by atoms with E-state index < -0.39 is 0 Å². The average Bonchev–Trinajstić information content (AvgIpc) is 2.39. The zero-order valence-corrected chi connectivity index (χ0v) is 11.6. The van der Waals surface area contributed by atoms with E-state index in [0.29, 0.717) is 59.4 Å². The Balaban J connectivity index is 2.93. The Morgan fingerprint density at radius 1 is 0.737 bits per heavy atom. The number of carbonyl (C=O) groups is 1. The number of esters is 1. The smallest absolute Gasteiger partial charge is 0.302 e. The van der Waals surface area contributed by atoms with E-state index >= 15 is 0 Å². The maximum atomic E-state index is 10.4. The van der Waals surface area contributed by atoms with Crippen molar-refractivity contribution in [3.8, 4) is 0 Å². The van der Waals surface area contributed by atoms with Crippen molar-refractivity contribution in [3.05, 3.63) is 0 Å². The van der Waals surface area contributed by atoms with Crippen molar-refractivity contribution in [1.29, 1.82) is 0 Å². The summed E-state index contributed by atoms with van der Waals surface area (Å²) < 4.78 is 25.5. The molecule has 0 amide bonds. The van der Waals surface area contributed by atoms with Crippen molar-refractivity contribution < 1.29 is 28.5 Å². The second-order valence-corrected chi connectivity index (χ2v) is 3.58. The van der Waals surface area contributed by atoms with Crippen LogP contribution in [0.4, 0.5) is 0 Å². The molecule has 0 spiro atoms. The zero-order chi connectivity index (χ0) is 14.2. The number of rotatable bonds is 14. The van der Waals surface area contributed by atoms with Gasteiger partial charge in [-0.25, -0.2) is 0 Å². The predicted octanol–water partition coefficient (Wildman–Crippen LogP) is -0.425. The van der Waals surface area contributed by atoms with Crippen LogP contribution < -0.4 is 5.73 Å². The van der Waals surface area contributed by atoms with E-state index in [9.17, 15) is 4.79 Å². The number of hydrogen-bond donors (Lipinski definition) is 1. The third-order valence-corrected chi connectivity index (χ3v) is 1.91. The fourth-order valence-electron chi connectivity index (χ4n) is 1.09. The molecule has 0 saturated heterocycles. The van der Waals surface area contributed by atoms with Gasteiger partial charge in [0.2, 0.25) is 0 Å². The fraction of sp³-hybridized carbons (Fsp3) is 0.917. The van der Waals surface area contributed by atoms with Gasteiger partial charge in [-0.05, 0) is 0 Å². The largest absolute Gasteiger partial charge is 0.463 e. The Bertz CT molecular complexity index is 203. The third kappa shape index (κ3) is 17.3. The van der Waals surface area contributed by atoms with Gasteiger partial charge in [-0.2, -0.15) is 0 Å². The second kappa shape index (κ2) is 15.3. The molecule has 0 aliphatic heterocycles. The highest BCUT2D eigenvalue weighted by atomic mass is 16.6. The molecule has 114 valence electrons.